The van der Waals surface area contributed by atoms with Crippen molar-refractivity contribution in [3.63, 3.8) is 0 Å². The lowest BCUT2D eigenvalue weighted by atomic mass is 10.1. The number of carbonyl (C=O) groups excluding carboxylic acids is 2. The van der Waals surface area contributed by atoms with Crippen LogP contribution in [0, 0.1) is 35.3 Å². The van der Waals surface area contributed by atoms with Crippen molar-refractivity contribution in [2.75, 3.05) is 16.4 Å². The molecule has 0 saturated carbocycles. The third-order valence-corrected chi connectivity index (χ3v) is 6.16. The van der Waals surface area contributed by atoms with Gasteiger partial charge in [-0.2, -0.15) is 0 Å². The third-order valence-electron chi connectivity index (χ3n) is 6.16. The van der Waals surface area contributed by atoms with Gasteiger partial charge in [0.25, 0.3) is 11.8 Å². The van der Waals surface area contributed by atoms with Crippen molar-refractivity contribution in [3.05, 3.63) is 160 Å². The Kier molecular flexibility index (Phi) is 8.57. The first-order valence-electron chi connectivity index (χ1n) is 13.1. The Bertz CT molecular complexity index is 1770. The summed E-state index contributed by atoms with van der Waals surface area (Å²) in [4.78, 5) is 25.9. The SMILES string of the molecule is Nc1cc(C(=O)Nc2ccc(C#Cc3ccc(F)cc3)cc2)cc(C(=O)Nc2ccc(C#Cc3ccc(F)cc3)cc2)c1. The lowest BCUT2D eigenvalue weighted by molar-refractivity contribution is 0.102. The molecule has 5 nitrogen and oxygen atoms in total. The number of hydrogen-bond donors (Lipinski definition) is 3. The molecule has 0 aliphatic carbocycles. The van der Waals surface area contributed by atoms with Gasteiger partial charge in [-0.15, -0.1) is 0 Å². The second-order valence-electron chi connectivity index (χ2n) is 9.42. The molecule has 5 aromatic carbocycles. The van der Waals surface area contributed by atoms with Crippen LogP contribution in [0.4, 0.5) is 25.8 Å². The van der Waals surface area contributed by atoms with Crippen LogP contribution in [0.15, 0.2) is 115 Å². The highest BCUT2D eigenvalue weighted by Gasteiger charge is 2.13. The van der Waals surface area contributed by atoms with Crippen LogP contribution < -0.4 is 16.4 Å². The number of halogens is 2. The molecule has 0 radical (unpaired) electrons. The predicted molar refractivity (Wildman–Crippen MR) is 164 cm³/mol. The Morgan fingerprint density at radius 2 is 0.791 bits per heavy atom. The highest BCUT2D eigenvalue weighted by molar-refractivity contribution is 6.09. The van der Waals surface area contributed by atoms with E-state index in [1.165, 1.54) is 42.5 Å². The third kappa shape index (κ3) is 7.94. The summed E-state index contributed by atoms with van der Waals surface area (Å²) in [6.45, 7) is 0. The monoisotopic (exact) mass is 567 g/mol. The van der Waals surface area contributed by atoms with Gasteiger partial charge in [-0.05, 0) is 115 Å². The van der Waals surface area contributed by atoms with Crippen LogP contribution in [0.25, 0.3) is 0 Å². The maximum Gasteiger partial charge on any atom is 0.255 e. The van der Waals surface area contributed by atoms with Crippen LogP contribution in [0.5, 0.6) is 0 Å². The van der Waals surface area contributed by atoms with E-state index in [2.05, 4.69) is 34.3 Å². The fraction of sp³-hybridized carbons (Fsp3) is 0. The molecule has 7 heteroatoms. The van der Waals surface area contributed by atoms with Crippen molar-refractivity contribution < 1.29 is 18.4 Å². The zero-order valence-electron chi connectivity index (χ0n) is 22.6. The summed E-state index contributed by atoms with van der Waals surface area (Å²) in [7, 11) is 0. The summed E-state index contributed by atoms with van der Waals surface area (Å²) >= 11 is 0. The Balaban J connectivity index is 1.21. The van der Waals surface area contributed by atoms with Crippen LogP contribution in [-0.4, -0.2) is 11.8 Å². The number of rotatable bonds is 4. The summed E-state index contributed by atoms with van der Waals surface area (Å²) < 4.78 is 26.1. The van der Waals surface area contributed by atoms with E-state index >= 15 is 0 Å². The molecule has 0 unspecified atom stereocenters. The van der Waals surface area contributed by atoms with Crippen molar-refractivity contribution >= 4 is 28.9 Å². The number of anilines is 3. The van der Waals surface area contributed by atoms with Crippen molar-refractivity contribution in [1.82, 2.24) is 0 Å². The minimum absolute atomic E-state index is 0.219. The van der Waals surface area contributed by atoms with Gasteiger partial charge >= 0.3 is 0 Å². The highest BCUT2D eigenvalue weighted by atomic mass is 19.1. The first-order chi connectivity index (χ1) is 20.8. The van der Waals surface area contributed by atoms with Crippen LogP contribution in [-0.2, 0) is 0 Å². The second-order valence-corrected chi connectivity index (χ2v) is 9.42. The van der Waals surface area contributed by atoms with Gasteiger partial charge in [0.05, 0.1) is 0 Å². The number of carbonyl (C=O) groups is 2. The first kappa shape index (κ1) is 28.4. The van der Waals surface area contributed by atoms with E-state index in [9.17, 15) is 18.4 Å². The molecule has 0 heterocycles. The summed E-state index contributed by atoms with van der Waals surface area (Å²) in [5, 5.41) is 5.59. The maximum absolute atomic E-state index is 13.1. The van der Waals surface area contributed by atoms with Gasteiger partial charge in [0.2, 0.25) is 0 Å². The number of amides is 2. The van der Waals surface area contributed by atoms with E-state index < -0.39 is 11.8 Å². The molecule has 2 amide bonds. The molecule has 0 aromatic heterocycles. The Labute approximate surface area is 247 Å². The minimum Gasteiger partial charge on any atom is -0.399 e. The van der Waals surface area contributed by atoms with Crippen LogP contribution in [0.1, 0.15) is 43.0 Å². The standard InChI is InChI=1S/C36H23F2N3O2/c37-30-13-5-24(6-14-30)1-3-26-9-17-33(18-10-26)40-35(42)28-21-29(23-32(39)22-28)36(43)41-34-19-11-27(12-20-34)4-2-25-7-15-31(38)16-8-25/h5-23H,39H2,(H,40,42)(H,41,43). The minimum atomic E-state index is -0.435. The fourth-order valence-corrected chi connectivity index (χ4v) is 3.95. The van der Waals surface area contributed by atoms with Gasteiger partial charge in [-0.25, -0.2) is 8.78 Å². The van der Waals surface area contributed by atoms with Gasteiger partial charge in [0, 0.05) is 50.4 Å². The lowest BCUT2D eigenvalue weighted by Gasteiger charge is -2.10. The fourth-order valence-electron chi connectivity index (χ4n) is 3.95. The smallest absolute Gasteiger partial charge is 0.255 e. The highest BCUT2D eigenvalue weighted by Crippen LogP contribution is 2.18. The summed E-state index contributed by atoms with van der Waals surface area (Å²) in [6.07, 6.45) is 0. The molecule has 0 spiro atoms. The van der Waals surface area contributed by atoms with Gasteiger partial charge in [-0.1, -0.05) is 23.7 Å². The van der Waals surface area contributed by atoms with Crippen LogP contribution in [0.2, 0.25) is 0 Å². The van der Waals surface area contributed by atoms with Gasteiger partial charge in [0.1, 0.15) is 11.6 Å². The number of hydrogen-bond acceptors (Lipinski definition) is 3. The topological polar surface area (TPSA) is 84.2 Å². The molecule has 0 fully saturated rings. The molecule has 0 aliphatic heterocycles. The molecular formula is C36H23F2N3O2. The number of nitrogens with two attached hydrogens (primary N) is 1. The summed E-state index contributed by atoms with van der Waals surface area (Å²) in [6, 6.07) is 30.1. The Morgan fingerprint density at radius 3 is 1.12 bits per heavy atom. The van der Waals surface area contributed by atoms with Crippen molar-refractivity contribution in [3.8, 4) is 23.7 Å². The van der Waals surface area contributed by atoms with Crippen LogP contribution >= 0.6 is 0 Å². The molecule has 4 N–H and O–H groups in total. The average molecular weight is 568 g/mol. The molecule has 5 rings (SSSR count). The van der Waals surface area contributed by atoms with Gasteiger partial charge < -0.3 is 16.4 Å². The van der Waals surface area contributed by atoms with E-state index in [0.29, 0.717) is 22.5 Å². The maximum atomic E-state index is 13.1. The number of benzene rings is 5. The molecule has 0 aliphatic rings. The average Bonchev–Trinajstić information content (AvgIpc) is 3.01. The molecule has 43 heavy (non-hydrogen) atoms. The van der Waals surface area contributed by atoms with Gasteiger partial charge in [0.15, 0.2) is 0 Å². The molecule has 0 bridgehead atoms. The largest absolute Gasteiger partial charge is 0.399 e. The molecule has 208 valence electrons. The Hall–Kier alpha value is -6.18. The normalized spacial score (nSPS) is 10.0. The van der Waals surface area contributed by atoms with Crippen molar-refractivity contribution in [1.29, 1.82) is 0 Å². The van der Waals surface area contributed by atoms with Gasteiger partial charge in [-0.3, -0.25) is 9.59 Å². The molecule has 0 atom stereocenters. The quantitative estimate of drug-likeness (QED) is 0.164. The lowest BCUT2D eigenvalue weighted by Crippen LogP contribution is -2.16. The molecule has 5 aromatic rings. The van der Waals surface area contributed by atoms with E-state index in [4.69, 9.17) is 5.73 Å². The molecule has 0 saturated heterocycles. The number of nitrogens with one attached hydrogen (secondary N) is 2. The van der Waals surface area contributed by atoms with Crippen LogP contribution in [0.3, 0.4) is 0 Å². The molecular weight excluding hydrogens is 544 g/mol. The zero-order valence-corrected chi connectivity index (χ0v) is 22.6. The zero-order chi connectivity index (χ0) is 30.2. The predicted octanol–water partition coefficient (Wildman–Crippen LogP) is 6.85. The summed E-state index contributed by atoms with van der Waals surface area (Å²) in [5.74, 6) is 10.4. The first-order valence-corrected chi connectivity index (χ1v) is 13.1. The summed E-state index contributed by atoms with van der Waals surface area (Å²) in [5.41, 5.74) is 10.6. The van der Waals surface area contributed by atoms with E-state index in [1.807, 2.05) is 0 Å². The van der Waals surface area contributed by atoms with Crippen molar-refractivity contribution in [2.45, 2.75) is 0 Å². The second kappa shape index (κ2) is 13.0. The van der Waals surface area contributed by atoms with E-state index in [-0.39, 0.29) is 28.4 Å². The number of nitrogen functional groups attached to an aromatic ring is 1. The van der Waals surface area contributed by atoms with E-state index in [1.54, 1.807) is 72.8 Å². The van der Waals surface area contributed by atoms with E-state index in [0.717, 1.165) is 11.1 Å². The Morgan fingerprint density at radius 1 is 0.488 bits per heavy atom. The van der Waals surface area contributed by atoms with Crippen molar-refractivity contribution in [2.24, 2.45) is 0 Å².